The summed E-state index contributed by atoms with van der Waals surface area (Å²) in [6, 6.07) is 21.6. The number of Topliss-reactive ketones (excluding diaryl/α,β-unsaturated/α-hetero) is 1. The van der Waals surface area contributed by atoms with E-state index in [1.165, 1.54) is 24.3 Å². The van der Waals surface area contributed by atoms with Crippen LogP contribution in [0.2, 0.25) is 0 Å². The first-order valence-electron chi connectivity index (χ1n) is 12.5. The van der Waals surface area contributed by atoms with Gasteiger partial charge in [-0.2, -0.15) is 5.06 Å². The average Bonchev–Trinajstić information content (AvgIpc) is 2.93. The van der Waals surface area contributed by atoms with Crippen LogP contribution >= 0.6 is 0 Å². The van der Waals surface area contributed by atoms with Crippen LogP contribution in [0.3, 0.4) is 0 Å². The number of nitrogens with zero attached hydrogens (tertiary/aromatic N) is 1. The van der Waals surface area contributed by atoms with E-state index in [1.807, 2.05) is 60.7 Å². The van der Waals surface area contributed by atoms with Crippen molar-refractivity contribution in [2.75, 3.05) is 6.61 Å². The molecule has 0 aliphatic rings. The van der Waals surface area contributed by atoms with Gasteiger partial charge in [0.15, 0.2) is 12.1 Å². The molecule has 3 aromatic rings. The van der Waals surface area contributed by atoms with Gasteiger partial charge in [-0.25, -0.2) is 14.4 Å². The summed E-state index contributed by atoms with van der Waals surface area (Å²) in [7, 11) is 0. The van der Waals surface area contributed by atoms with Gasteiger partial charge in [0, 0.05) is 12.0 Å². The second kappa shape index (κ2) is 13.4. The Labute approximate surface area is 232 Å². The first-order chi connectivity index (χ1) is 19.0. The van der Waals surface area contributed by atoms with Gasteiger partial charge in [-0.1, -0.05) is 60.7 Å². The maximum Gasteiger partial charge on any atom is 0.377 e. The molecule has 3 aromatic carbocycles. The van der Waals surface area contributed by atoms with Gasteiger partial charge in [0.2, 0.25) is 0 Å². The van der Waals surface area contributed by atoms with Crippen molar-refractivity contribution >= 4 is 23.8 Å². The zero-order chi connectivity index (χ0) is 29.3. The highest BCUT2D eigenvalue weighted by Gasteiger charge is 2.36. The number of primary amides is 1. The number of rotatable bonds is 12. The molecule has 0 spiro atoms. The van der Waals surface area contributed by atoms with Crippen molar-refractivity contribution in [3.63, 3.8) is 0 Å². The van der Waals surface area contributed by atoms with Crippen LogP contribution in [0.25, 0.3) is 0 Å². The van der Waals surface area contributed by atoms with Crippen molar-refractivity contribution in [2.24, 2.45) is 5.73 Å². The van der Waals surface area contributed by atoms with Crippen molar-refractivity contribution in [3.05, 3.63) is 102 Å². The number of carboxylic acids is 1. The van der Waals surface area contributed by atoms with Gasteiger partial charge in [-0.15, -0.1) is 0 Å². The molecule has 0 radical (unpaired) electrons. The number of hydrogen-bond acceptors (Lipinski definition) is 7. The molecule has 0 bridgehead atoms. The maximum atomic E-state index is 13.7. The molecule has 1 unspecified atom stereocenters. The van der Waals surface area contributed by atoms with Gasteiger partial charge in [0.05, 0.1) is 12.2 Å². The summed E-state index contributed by atoms with van der Waals surface area (Å²) < 4.78 is 11.7. The fourth-order valence-corrected chi connectivity index (χ4v) is 3.78. The number of carboxylic acid groups (broad SMARTS) is 1. The van der Waals surface area contributed by atoms with E-state index >= 15 is 0 Å². The minimum absolute atomic E-state index is 0.00680. The average molecular weight is 549 g/mol. The summed E-state index contributed by atoms with van der Waals surface area (Å²) >= 11 is 0. The van der Waals surface area contributed by atoms with Gasteiger partial charge in [0.1, 0.15) is 5.75 Å². The molecule has 10 heteroatoms. The Balaban J connectivity index is 1.84. The molecule has 0 aliphatic carbocycles. The van der Waals surface area contributed by atoms with Crippen molar-refractivity contribution in [2.45, 2.75) is 44.9 Å². The summed E-state index contributed by atoms with van der Waals surface area (Å²) in [5.74, 6) is -3.04. The van der Waals surface area contributed by atoms with E-state index in [-0.39, 0.29) is 18.6 Å². The number of ketones is 1. The van der Waals surface area contributed by atoms with Crippen LogP contribution in [-0.2, 0) is 19.2 Å². The summed E-state index contributed by atoms with van der Waals surface area (Å²) in [5.41, 5.74) is 6.22. The van der Waals surface area contributed by atoms with Gasteiger partial charge in [-0.05, 0) is 56.2 Å². The van der Waals surface area contributed by atoms with Crippen molar-refractivity contribution in [1.82, 2.24) is 5.06 Å². The molecule has 0 aliphatic heterocycles. The van der Waals surface area contributed by atoms with E-state index in [4.69, 9.17) is 25.2 Å². The third kappa shape index (κ3) is 8.40. The van der Waals surface area contributed by atoms with Crippen molar-refractivity contribution < 1.29 is 38.6 Å². The number of carbonyl (C=O) groups excluding carboxylic acids is 3. The van der Waals surface area contributed by atoms with E-state index in [1.54, 1.807) is 20.8 Å². The third-order valence-electron chi connectivity index (χ3n) is 5.55. The van der Waals surface area contributed by atoms with Gasteiger partial charge in [-0.3, -0.25) is 9.63 Å². The molecule has 210 valence electrons. The molecular weight excluding hydrogens is 516 g/mol. The Bertz CT molecular complexity index is 1270. The smallest absolute Gasteiger partial charge is 0.377 e. The molecule has 0 saturated carbocycles. The topological polar surface area (TPSA) is 145 Å². The van der Waals surface area contributed by atoms with E-state index in [0.717, 1.165) is 16.2 Å². The number of hydroxylamine groups is 2. The second-order valence-corrected chi connectivity index (χ2v) is 9.82. The number of nitrogens with two attached hydrogens (primary N) is 1. The first kappa shape index (κ1) is 29.9. The minimum Gasteiger partial charge on any atom is -0.493 e. The highest BCUT2D eigenvalue weighted by molar-refractivity contribution is 6.39. The number of hydrogen-bond donors (Lipinski definition) is 2. The molecule has 3 rings (SSSR count). The highest BCUT2D eigenvalue weighted by atomic mass is 16.7. The number of amides is 2. The predicted octanol–water partition coefficient (Wildman–Crippen LogP) is 4.54. The van der Waals surface area contributed by atoms with Crippen LogP contribution in [-0.4, -0.2) is 52.2 Å². The zero-order valence-corrected chi connectivity index (χ0v) is 22.5. The maximum absolute atomic E-state index is 13.7. The van der Waals surface area contributed by atoms with E-state index in [2.05, 4.69) is 0 Å². The Morgan fingerprint density at radius 1 is 0.850 bits per heavy atom. The molecule has 10 nitrogen and oxygen atoms in total. The monoisotopic (exact) mass is 548 g/mol. The summed E-state index contributed by atoms with van der Waals surface area (Å²) in [5, 5.41) is 9.66. The molecule has 3 N–H and O–H groups in total. The Morgan fingerprint density at radius 3 is 1.82 bits per heavy atom. The number of esters is 1. The molecular formula is C30H32N2O8. The normalized spacial score (nSPS) is 11.9. The largest absolute Gasteiger partial charge is 0.493 e. The number of aliphatic carboxylic acids is 1. The van der Waals surface area contributed by atoms with Crippen LogP contribution in [0.1, 0.15) is 54.8 Å². The van der Waals surface area contributed by atoms with E-state index in [9.17, 15) is 19.2 Å². The standard InChI is InChI=1S/C30H32N2O8/c1-30(2,3)40-32(29(31)37)24(18-19-38-23-16-14-20(15-17-23)25(33)27(34)35)28(36)39-26(21-10-6-4-7-11-21)22-12-8-5-9-13-22/h4-17,24,26H,18-19H2,1-3H3,(H2,31,37)(H,34,35). The third-order valence-corrected chi connectivity index (χ3v) is 5.55. The number of carbonyl (C=O) groups is 4. The van der Waals surface area contributed by atoms with Crippen LogP contribution in [0.4, 0.5) is 4.79 Å². The Hall–Kier alpha value is -4.70. The number of ether oxygens (including phenoxy) is 2. The summed E-state index contributed by atoms with van der Waals surface area (Å²) in [4.78, 5) is 54.4. The van der Waals surface area contributed by atoms with Crippen LogP contribution < -0.4 is 10.5 Å². The SMILES string of the molecule is CC(C)(C)ON(C(N)=O)C(CCOc1ccc(C(=O)C(=O)O)cc1)C(=O)OC(c1ccccc1)c1ccccc1. The fourth-order valence-electron chi connectivity index (χ4n) is 3.78. The number of urea groups is 1. The molecule has 0 heterocycles. The highest BCUT2D eigenvalue weighted by Crippen LogP contribution is 2.28. The van der Waals surface area contributed by atoms with Gasteiger partial charge >= 0.3 is 18.0 Å². The molecule has 0 fully saturated rings. The quantitative estimate of drug-likeness (QED) is 0.145. The van der Waals surface area contributed by atoms with Gasteiger partial charge < -0.3 is 20.3 Å². The second-order valence-electron chi connectivity index (χ2n) is 9.82. The lowest BCUT2D eigenvalue weighted by Gasteiger charge is -2.34. The minimum atomic E-state index is -1.57. The molecule has 1 atom stereocenters. The molecule has 40 heavy (non-hydrogen) atoms. The first-order valence-corrected chi connectivity index (χ1v) is 12.5. The van der Waals surface area contributed by atoms with Crippen molar-refractivity contribution in [1.29, 1.82) is 0 Å². The lowest BCUT2D eigenvalue weighted by atomic mass is 10.0. The van der Waals surface area contributed by atoms with Crippen LogP contribution in [0.15, 0.2) is 84.9 Å². The van der Waals surface area contributed by atoms with Crippen molar-refractivity contribution in [3.8, 4) is 5.75 Å². The lowest BCUT2D eigenvalue weighted by molar-refractivity contribution is -0.222. The van der Waals surface area contributed by atoms with Gasteiger partial charge in [0.25, 0.3) is 5.78 Å². The summed E-state index contributed by atoms with van der Waals surface area (Å²) in [6.45, 7) is 5.06. The zero-order valence-electron chi connectivity index (χ0n) is 22.5. The Morgan fingerprint density at radius 2 is 1.38 bits per heavy atom. The van der Waals surface area contributed by atoms with Crippen LogP contribution in [0, 0.1) is 0 Å². The molecule has 2 amide bonds. The fraction of sp³-hybridized carbons (Fsp3) is 0.267. The Kier molecular flexibility index (Phi) is 9.99. The number of benzene rings is 3. The van der Waals surface area contributed by atoms with E-state index in [0.29, 0.717) is 5.75 Å². The van der Waals surface area contributed by atoms with E-state index < -0.39 is 41.5 Å². The molecule has 0 saturated heterocycles. The molecule has 0 aromatic heterocycles. The summed E-state index contributed by atoms with van der Waals surface area (Å²) in [6.07, 6.45) is -0.814. The lowest BCUT2D eigenvalue weighted by Crippen LogP contribution is -2.52. The predicted molar refractivity (Wildman–Crippen MR) is 145 cm³/mol. The van der Waals surface area contributed by atoms with Crippen LogP contribution in [0.5, 0.6) is 5.75 Å².